The number of nitrogens with one attached hydrogen (secondary N) is 4. The van der Waals surface area contributed by atoms with Crippen molar-refractivity contribution in [1.29, 1.82) is 0 Å². The van der Waals surface area contributed by atoms with Crippen molar-refractivity contribution in [2.45, 2.75) is 75.5 Å². The summed E-state index contributed by atoms with van der Waals surface area (Å²) in [4.78, 5) is 21.4. The van der Waals surface area contributed by atoms with Crippen molar-refractivity contribution >= 4 is 0 Å². The van der Waals surface area contributed by atoms with Gasteiger partial charge in [-0.2, -0.15) is 0 Å². The number of nitrogens with zero attached hydrogens (tertiary/aromatic N) is 3. The molecule has 2 aliphatic heterocycles. The molecule has 7 nitrogen and oxygen atoms in total. The van der Waals surface area contributed by atoms with Crippen LogP contribution in [-0.4, -0.2) is 37.0 Å². The molecule has 4 aromatic rings. The largest absolute Gasteiger partial charge is 0.341 e. The molecule has 194 valence electrons. The van der Waals surface area contributed by atoms with E-state index in [9.17, 15) is 0 Å². The first-order chi connectivity index (χ1) is 18.8. The zero-order chi connectivity index (χ0) is 25.1. The van der Waals surface area contributed by atoms with Crippen LogP contribution in [-0.2, 0) is 0 Å². The predicted octanol–water partition coefficient (Wildman–Crippen LogP) is 5.94. The summed E-state index contributed by atoms with van der Waals surface area (Å²) < 4.78 is 0. The summed E-state index contributed by atoms with van der Waals surface area (Å²) >= 11 is 0. The molecule has 2 saturated heterocycles. The lowest BCUT2D eigenvalue weighted by atomic mass is 9.85. The number of hydrogen-bond donors (Lipinski definition) is 4. The minimum atomic E-state index is 0.356. The van der Waals surface area contributed by atoms with Gasteiger partial charge >= 0.3 is 0 Å². The number of aromatic amines is 2. The van der Waals surface area contributed by atoms with Gasteiger partial charge in [0.1, 0.15) is 11.6 Å². The van der Waals surface area contributed by atoms with Crippen LogP contribution in [0.15, 0.2) is 55.0 Å². The molecule has 4 aliphatic rings. The Labute approximate surface area is 223 Å². The molecular weight excluding hydrogens is 470 g/mol. The predicted molar refractivity (Wildman–Crippen MR) is 148 cm³/mol. The fourth-order valence-electron chi connectivity index (χ4n) is 7.54. The highest BCUT2D eigenvalue weighted by Crippen LogP contribution is 2.42. The summed E-state index contributed by atoms with van der Waals surface area (Å²) in [6.45, 7) is 0. The lowest BCUT2D eigenvalue weighted by Gasteiger charge is -2.24. The Bertz CT molecular complexity index is 1410. The SMILES string of the molecule is c1cc(-c2cnc([C@@H]3CC4CCCCC4N3)[nH]2)ccc1-c1ccc(-c2cnc([C@H]3NC4CCC3C4)[nH]2)cn1. The normalized spacial score (nSPS) is 30.1. The van der Waals surface area contributed by atoms with Gasteiger partial charge in [-0.1, -0.05) is 37.1 Å². The molecule has 6 atom stereocenters. The van der Waals surface area contributed by atoms with Crippen molar-refractivity contribution in [2.24, 2.45) is 11.8 Å². The van der Waals surface area contributed by atoms with E-state index in [2.05, 4.69) is 57.0 Å². The van der Waals surface area contributed by atoms with Gasteiger partial charge in [0, 0.05) is 29.4 Å². The molecule has 0 radical (unpaired) electrons. The van der Waals surface area contributed by atoms with Crippen molar-refractivity contribution in [3.8, 4) is 33.8 Å². The van der Waals surface area contributed by atoms with Crippen LogP contribution in [0.3, 0.4) is 0 Å². The van der Waals surface area contributed by atoms with E-state index < -0.39 is 0 Å². The second-order valence-electron chi connectivity index (χ2n) is 11.9. The van der Waals surface area contributed by atoms with Crippen LogP contribution in [0.5, 0.6) is 0 Å². The molecule has 2 aliphatic carbocycles. The molecule has 1 aromatic carbocycles. The number of hydrogen-bond acceptors (Lipinski definition) is 5. The zero-order valence-corrected chi connectivity index (χ0v) is 21.7. The van der Waals surface area contributed by atoms with Crippen molar-refractivity contribution in [1.82, 2.24) is 35.6 Å². The van der Waals surface area contributed by atoms with Gasteiger partial charge in [-0.15, -0.1) is 0 Å². The van der Waals surface area contributed by atoms with E-state index in [1.165, 1.54) is 51.4 Å². The van der Waals surface area contributed by atoms with Gasteiger partial charge in [0.25, 0.3) is 0 Å². The van der Waals surface area contributed by atoms with E-state index in [0.717, 1.165) is 57.3 Å². The van der Waals surface area contributed by atoms with Gasteiger partial charge in [-0.05, 0) is 68.1 Å². The van der Waals surface area contributed by atoms with E-state index >= 15 is 0 Å². The monoisotopic (exact) mass is 505 g/mol. The molecule has 38 heavy (non-hydrogen) atoms. The fraction of sp³-hybridized carbons (Fsp3) is 0.452. The number of H-pyrrole nitrogens is 2. The summed E-state index contributed by atoms with van der Waals surface area (Å²) in [5.74, 6) is 3.68. The standard InChI is InChI=1S/C31H35N7/c1-2-4-25-20(3-1)14-26(36-25)30-33-16-27(37-30)19-7-5-18(6-8-19)24-12-10-22(15-32-24)28-17-34-31(38-28)29-21-9-11-23(13-21)35-29/h5-8,10,12,15-17,20-21,23,25-26,29,35-36H,1-4,9,11,13-14H2,(H,33,37)(H,34,38)/t20?,21?,23?,25?,26-,29-/m0/s1. The summed E-state index contributed by atoms with van der Waals surface area (Å²) in [6, 6.07) is 14.9. The van der Waals surface area contributed by atoms with Crippen LogP contribution in [0.25, 0.3) is 33.8 Å². The highest BCUT2D eigenvalue weighted by molar-refractivity contribution is 5.68. The molecule has 7 heteroatoms. The van der Waals surface area contributed by atoms with Crippen molar-refractivity contribution < 1.29 is 0 Å². The second-order valence-corrected chi connectivity index (χ2v) is 11.9. The smallest absolute Gasteiger partial charge is 0.124 e. The molecule has 2 bridgehead atoms. The number of piperidine rings is 1. The Balaban J connectivity index is 0.950. The molecule has 8 rings (SSSR count). The first-order valence-corrected chi connectivity index (χ1v) is 14.5. The highest BCUT2D eigenvalue weighted by atomic mass is 15.1. The van der Waals surface area contributed by atoms with Gasteiger partial charge in [0.15, 0.2) is 0 Å². The van der Waals surface area contributed by atoms with E-state index in [1.807, 2.05) is 18.6 Å². The van der Waals surface area contributed by atoms with E-state index in [4.69, 9.17) is 15.0 Å². The first kappa shape index (κ1) is 22.7. The molecule has 4 unspecified atom stereocenters. The van der Waals surface area contributed by atoms with E-state index in [-0.39, 0.29) is 0 Å². The third-order valence-corrected chi connectivity index (χ3v) is 9.60. The zero-order valence-electron chi connectivity index (χ0n) is 21.7. The number of aromatic nitrogens is 5. The Morgan fingerprint density at radius 3 is 2.13 bits per heavy atom. The molecule has 5 heterocycles. The number of fused-ring (bicyclic) bond motifs is 3. The van der Waals surface area contributed by atoms with Crippen LogP contribution in [0.4, 0.5) is 0 Å². The minimum absolute atomic E-state index is 0.356. The lowest BCUT2D eigenvalue weighted by molar-refractivity contribution is 0.325. The van der Waals surface area contributed by atoms with Crippen molar-refractivity contribution in [3.63, 3.8) is 0 Å². The van der Waals surface area contributed by atoms with Crippen LogP contribution < -0.4 is 10.6 Å². The van der Waals surface area contributed by atoms with Crippen molar-refractivity contribution in [3.05, 3.63) is 66.6 Å². The third kappa shape index (κ3) is 4.00. The highest BCUT2D eigenvalue weighted by Gasteiger charge is 2.41. The topological polar surface area (TPSA) is 94.3 Å². The first-order valence-electron chi connectivity index (χ1n) is 14.5. The number of benzene rings is 1. The maximum Gasteiger partial charge on any atom is 0.124 e. The minimum Gasteiger partial charge on any atom is -0.341 e. The summed E-state index contributed by atoms with van der Waals surface area (Å²) in [7, 11) is 0. The molecule has 3 aromatic heterocycles. The quantitative estimate of drug-likeness (QED) is 0.270. The van der Waals surface area contributed by atoms with Crippen LogP contribution in [0.2, 0.25) is 0 Å². The molecule has 4 N–H and O–H groups in total. The number of imidazole rings is 2. The van der Waals surface area contributed by atoms with Crippen LogP contribution in [0.1, 0.15) is 75.1 Å². The number of pyridine rings is 1. The average Bonchev–Trinajstić information content (AvgIpc) is 3.80. The summed E-state index contributed by atoms with van der Waals surface area (Å²) in [5, 5.41) is 7.56. The molecule has 0 spiro atoms. The molecule has 2 saturated carbocycles. The number of rotatable bonds is 5. The van der Waals surface area contributed by atoms with Crippen LogP contribution >= 0.6 is 0 Å². The van der Waals surface area contributed by atoms with Crippen LogP contribution in [0, 0.1) is 11.8 Å². The molecule has 0 amide bonds. The Kier molecular flexibility index (Phi) is 5.47. The maximum absolute atomic E-state index is 4.77. The Morgan fingerprint density at radius 2 is 1.37 bits per heavy atom. The average molecular weight is 506 g/mol. The molecule has 4 fully saturated rings. The third-order valence-electron chi connectivity index (χ3n) is 9.60. The summed E-state index contributed by atoms with van der Waals surface area (Å²) in [5.41, 5.74) is 6.41. The van der Waals surface area contributed by atoms with Gasteiger partial charge in [-0.3, -0.25) is 4.98 Å². The van der Waals surface area contributed by atoms with Gasteiger partial charge in [0.2, 0.25) is 0 Å². The van der Waals surface area contributed by atoms with Crippen molar-refractivity contribution in [2.75, 3.05) is 0 Å². The maximum atomic E-state index is 4.77. The van der Waals surface area contributed by atoms with E-state index in [0.29, 0.717) is 24.2 Å². The Hall–Kier alpha value is -3.29. The molecular formula is C31H35N7. The van der Waals surface area contributed by atoms with E-state index in [1.54, 1.807) is 0 Å². The van der Waals surface area contributed by atoms with Gasteiger partial charge < -0.3 is 20.6 Å². The Morgan fingerprint density at radius 1 is 0.605 bits per heavy atom. The van der Waals surface area contributed by atoms with Gasteiger partial charge in [0.05, 0.1) is 41.6 Å². The lowest BCUT2D eigenvalue weighted by Crippen LogP contribution is -2.30. The second kappa shape index (κ2) is 9.17. The van der Waals surface area contributed by atoms with Gasteiger partial charge in [-0.25, -0.2) is 9.97 Å². The fourth-order valence-corrected chi connectivity index (χ4v) is 7.54. The summed E-state index contributed by atoms with van der Waals surface area (Å²) in [6.07, 6.45) is 16.4.